The highest BCUT2D eigenvalue weighted by Crippen LogP contribution is 2.41. The number of benzene rings is 1. The number of thioether (sulfide) groups is 1. The Hall–Kier alpha value is -1.21. The molecule has 1 atom stereocenters. The van der Waals surface area contributed by atoms with Gasteiger partial charge in [-0.2, -0.15) is 13.2 Å². The molecule has 2 nitrogen and oxygen atoms in total. The molecule has 1 aromatic carbocycles. The first-order chi connectivity index (χ1) is 7.89. The van der Waals surface area contributed by atoms with Gasteiger partial charge in [0.05, 0.1) is 0 Å². The second-order valence-corrected chi connectivity index (χ2v) is 4.36. The van der Waals surface area contributed by atoms with Gasteiger partial charge in [0.15, 0.2) is 0 Å². The van der Waals surface area contributed by atoms with Gasteiger partial charge in [0, 0.05) is 11.1 Å². The van der Waals surface area contributed by atoms with Crippen LogP contribution in [-0.4, -0.2) is 11.7 Å². The number of hydrogen-bond donors (Lipinski definition) is 1. The Morgan fingerprint density at radius 2 is 1.76 bits per heavy atom. The van der Waals surface area contributed by atoms with Gasteiger partial charge >= 0.3 is 6.18 Å². The molecule has 1 aliphatic rings. The van der Waals surface area contributed by atoms with Crippen molar-refractivity contribution in [1.29, 1.82) is 0 Å². The maximum Gasteiger partial charge on any atom is 0.432 e. The summed E-state index contributed by atoms with van der Waals surface area (Å²) in [5.41, 5.74) is 4.11. The molecule has 0 radical (unpaired) electrons. The van der Waals surface area contributed by atoms with Crippen LogP contribution in [0.2, 0.25) is 0 Å². The highest BCUT2D eigenvalue weighted by atomic mass is 32.2. The van der Waals surface area contributed by atoms with Gasteiger partial charge in [-0.25, -0.2) is 4.39 Å². The summed E-state index contributed by atoms with van der Waals surface area (Å²) in [4.78, 5) is 0.935. The van der Waals surface area contributed by atoms with E-state index in [2.05, 4.69) is 0 Å². The fraction of sp³-hybridized carbons (Fsp3) is 0.200. The van der Waals surface area contributed by atoms with E-state index in [-0.39, 0.29) is 5.69 Å². The molecule has 0 spiro atoms. The Morgan fingerprint density at radius 1 is 1.18 bits per heavy atom. The molecule has 0 aliphatic carbocycles. The molecule has 2 rings (SSSR count). The first kappa shape index (κ1) is 12.3. The minimum atomic E-state index is -4.48. The van der Waals surface area contributed by atoms with E-state index in [1.165, 1.54) is 12.1 Å². The summed E-state index contributed by atoms with van der Waals surface area (Å²) in [6.07, 6.45) is -4.48. The van der Waals surface area contributed by atoms with Gasteiger partial charge in [0.2, 0.25) is 0 Å². The molecule has 92 valence electrons. The number of anilines is 1. The fourth-order valence-electron chi connectivity index (χ4n) is 1.48. The molecule has 1 aromatic rings. The van der Waals surface area contributed by atoms with Crippen molar-refractivity contribution in [3.8, 4) is 0 Å². The molecule has 7 heteroatoms. The van der Waals surface area contributed by atoms with E-state index >= 15 is 0 Å². The number of hydrogen-bond acceptors (Lipinski definition) is 3. The Bertz CT molecular complexity index is 441. The van der Waals surface area contributed by atoms with Gasteiger partial charge in [-0.15, -0.1) is 0 Å². The number of nitrogens with two attached hydrogens (primary N) is 1. The lowest BCUT2D eigenvalue weighted by molar-refractivity contribution is -0.0929. The molecule has 0 bridgehead atoms. The molecule has 1 heterocycles. The van der Waals surface area contributed by atoms with E-state index < -0.39 is 23.2 Å². The van der Waals surface area contributed by atoms with E-state index in [0.717, 1.165) is 34.2 Å². The van der Waals surface area contributed by atoms with Crippen LogP contribution in [0.5, 0.6) is 0 Å². The lowest BCUT2D eigenvalue weighted by atomic mass is 10.2. The third-order valence-electron chi connectivity index (χ3n) is 2.23. The smallest absolute Gasteiger partial charge is 0.311 e. The lowest BCUT2D eigenvalue weighted by Crippen LogP contribution is -2.39. The van der Waals surface area contributed by atoms with Crippen molar-refractivity contribution in [2.24, 2.45) is 5.73 Å². The monoisotopic (exact) mass is 264 g/mol. The van der Waals surface area contributed by atoms with Crippen molar-refractivity contribution in [3.63, 3.8) is 0 Å². The summed E-state index contributed by atoms with van der Waals surface area (Å²) in [6, 6.07) is 4.72. The maximum absolute atomic E-state index is 12.7. The van der Waals surface area contributed by atoms with Crippen LogP contribution in [0.1, 0.15) is 0 Å². The molecule has 0 aromatic heterocycles. The quantitative estimate of drug-likeness (QED) is 0.790. The van der Waals surface area contributed by atoms with Gasteiger partial charge in [0.1, 0.15) is 17.0 Å². The largest absolute Gasteiger partial charge is 0.432 e. The van der Waals surface area contributed by atoms with Crippen molar-refractivity contribution >= 4 is 17.4 Å². The lowest BCUT2D eigenvalue weighted by Gasteiger charge is -2.27. The van der Waals surface area contributed by atoms with Gasteiger partial charge in [-0.1, -0.05) is 11.8 Å². The molecular formula is C10H8F4N2S. The minimum Gasteiger partial charge on any atom is -0.311 e. The highest BCUT2D eigenvalue weighted by Gasteiger charge is 2.43. The van der Waals surface area contributed by atoms with Crippen molar-refractivity contribution < 1.29 is 17.6 Å². The zero-order chi connectivity index (χ0) is 12.6. The van der Waals surface area contributed by atoms with Gasteiger partial charge in [-0.05, 0) is 24.3 Å². The second-order valence-electron chi connectivity index (χ2n) is 3.37. The van der Waals surface area contributed by atoms with Crippen LogP contribution in [0.4, 0.5) is 23.2 Å². The molecule has 1 aliphatic heterocycles. The van der Waals surface area contributed by atoms with Crippen molar-refractivity contribution in [2.45, 2.75) is 11.7 Å². The van der Waals surface area contributed by atoms with E-state index in [4.69, 9.17) is 5.73 Å². The number of allylic oxidation sites excluding steroid dienone is 1. The molecule has 0 fully saturated rings. The maximum atomic E-state index is 12.7. The van der Waals surface area contributed by atoms with Crippen LogP contribution < -0.4 is 10.6 Å². The molecule has 1 unspecified atom stereocenters. The number of alkyl halides is 3. The second kappa shape index (κ2) is 4.23. The fourth-order valence-corrected chi connectivity index (χ4v) is 2.35. The van der Waals surface area contributed by atoms with Crippen molar-refractivity contribution in [2.75, 3.05) is 4.90 Å². The van der Waals surface area contributed by atoms with Crippen LogP contribution in [0.3, 0.4) is 0 Å². The van der Waals surface area contributed by atoms with Crippen LogP contribution in [0, 0.1) is 5.82 Å². The molecular weight excluding hydrogens is 256 g/mol. The third kappa shape index (κ3) is 2.39. The Morgan fingerprint density at radius 3 is 2.29 bits per heavy atom. The number of halogens is 4. The Labute approximate surface area is 99.1 Å². The zero-order valence-electron chi connectivity index (χ0n) is 8.41. The summed E-state index contributed by atoms with van der Waals surface area (Å²) in [6.45, 7) is 0. The van der Waals surface area contributed by atoms with E-state index in [0.29, 0.717) is 0 Å². The SMILES string of the molecule is NC1SC=C(C(F)(F)F)N1c1ccc(F)cc1. The summed E-state index contributed by atoms with van der Waals surface area (Å²) in [5, 5.41) is 0.966. The van der Waals surface area contributed by atoms with E-state index in [1.54, 1.807) is 0 Å². The average Bonchev–Trinajstić information content (AvgIpc) is 2.61. The molecule has 0 saturated heterocycles. The van der Waals surface area contributed by atoms with Crippen LogP contribution in [0.15, 0.2) is 35.4 Å². The highest BCUT2D eigenvalue weighted by molar-refractivity contribution is 8.03. The van der Waals surface area contributed by atoms with Crippen LogP contribution >= 0.6 is 11.8 Å². The predicted octanol–water partition coefficient (Wildman–Crippen LogP) is 3.02. The normalized spacial score (nSPS) is 20.6. The van der Waals surface area contributed by atoms with E-state index in [1.807, 2.05) is 0 Å². The number of rotatable bonds is 1. The van der Waals surface area contributed by atoms with Crippen LogP contribution in [-0.2, 0) is 0 Å². The van der Waals surface area contributed by atoms with Gasteiger partial charge in [-0.3, -0.25) is 0 Å². The zero-order valence-corrected chi connectivity index (χ0v) is 9.23. The molecule has 0 amide bonds. The summed E-state index contributed by atoms with van der Waals surface area (Å²) in [7, 11) is 0. The first-order valence-electron chi connectivity index (χ1n) is 4.63. The minimum absolute atomic E-state index is 0.215. The summed E-state index contributed by atoms with van der Waals surface area (Å²) in [5.74, 6) is -0.508. The first-order valence-corrected chi connectivity index (χ1v) is 5.57. The van der Waals surface area contributed by atoms with Gasteiger partial charge in [0.25, 0.3) is 0 Å². The van der Waals surface area contributed by atoms with Crippen molar-refractivity contribution in [3.05, 3.63) is 41.2 Å². The Kier molecular flexibility index (Phi) is 3.05. The third-order valence-corrected chi connectivity index (χ3v) is 3.08. The Balaban J connectivity index is 2.36. The van der Waals surface area contributed by atoms with E-state index in [9.17, 15) is 17.6 Å². The summed E-state index contributed by atoms with van der Waals surface area (Å²) < 4.78 is 50.8. The standard InChI is InChI=1S/C10H8F4N2S/c11-6-1-3-7(4-2-6)16-8(10(12,13)14)5-17-9(16)15/h1-5,9H,15H2. The van der Waals surface area contributed by atoms with Crippen molar-refractivity contribution in [1.82, 2.24) is 0 Å². The van der Waals surface area contributed by atoms with Crippen LogP contribution in [0.25, 0.3) is 0 Å². The molecule has 17 heavy (non-hydrogen) atoms. The topological polar surface area (TPSA) is 29.3 Å². The molecule has 2 N–H and O–H groups in total. The van der Waals surface area contributed by atoms with Gasteiger partial charge < -0.3 is 10.6 Å². The average molecular weight is 264 g/mol. The summed E-state index contributed by atoms with van der Waals surface area (Å²) >= 11 is 0.867. The number of nitrogens with zero attached hydrogens (tertiary/aromatic N) is 1. The molecule has 0 saturated carbocycles. The predicted molar refractivity (Wildman–Crippen MR) is 58.6 cm³/mol.